The van der Waals surface area contributed by atoms with Crippen molar-refractivity contribution in [3.63, 3.8) is 0 Å². The van der Waals surface area contributed by atoms with Crippen LogP contribution in [0.5, 0.6) is 0 Å². The van der Waals surface area contributed by atoms with Gasteiger partial charge in [0.05, 0.1) is 13.2 Å². The number of anilines is 4. The number of nitrogen functional groups attached to an aromatic ring is 2. The van der Waals surface area contributed by atoms with Crippen LogP contribution in [0.2, 0.25) is 0 Å². The van der Waals surface area contributed by atoms with Crippen molar-refractivity contribution in [1.29, 1.82) is 0 Å². The minimum absolute atomic E-state index is 0.0203. The monoisotopic (exact) mass is 316 g/mol. The summed E-state index contributed by atoms with van der Waals surface area (Å²) in [5.41, 5.74) is 15.9. The summed E-state index contributed by atoms with van der Waals surface area (Å²) in [7, 11) is 0. The van der Waals surface area contributed by atoms with Crippen molar-refractivity contribution in [2.24, 2.45) is 0 Å². The van der Waals surface area contributed by atoms with Gasteiger partial charge in [0, 0.05) is 42.4 Å². The minimum Gasteiger partial charge on any atom is -0.399 e. The first-order chi connectivity index (χ1) is 11.1. The second-order valence-electron chi connectivity index (χ2n) is 5.30. The molecule has 23 heavy (non-hydrogen) atoms. The lowest BCUT2D eigenvalue weighted by Gasteiger charge is -2.26. The standard InChI is InChI=1S/C17H24N4O2/c18-14-2-1-3-16(11-14)20-12-13-10-15(19)4-5-17(13)21(6-8-22)7-9-23/h1-5,10-11,20,22-23H,6-9,12,18-19H2. The smallest absolute Gasteiger partial charge is 0.0606 e. The highest BCUT2D eigenvalue weighted by Crippen LogP contribution is 2.24. The highest BCUT2D eigenvalue weighted by atomic mass is 16.3. The predicted octanol–water partition coefficient (Wildman–Crippen LogP) is 1.25. The van der Waals surface area contributed by atoms with Crippen LogP contribution in [0.15, 0.2) is 42.5 Å². The van der Waals surface area contributed by atoms with Crippen LogP contribution in [-0.2, 0) is 6.54 Å². The third-order valence-corrected chi connectivity index (χ3v) is 3.55. The number of hydrogen-bond donors (Lipinski definition) is 5. The molecule has 0 bridgehead atoms. The summed E-state index contributed by atoms with van der Waals surface area (Å²) >= 11 is 0. The highest BCUT2D eigenvalue weighted by molar-refractivity contribution is 5.62. The molecule has 6 heteroatoms. The SMILES string of the molecule is Nc1cccc(NCc2cc(N)ccc2N(CCO)CCO)c1. The van der Waals surface area contributed by atoms with E-state index < -0.39 is 0 Å². The molecular weight excluding hydrogens is 292 g/mol. The number of nitrogens with zero attached hydrogens (tertiary/aromatic N) is 1. The van der Waals surface area contributed by atoms with Crippen LogP contribution in [0.25, 0.3) is 0 Å². The average Bonchev–Trinajstić information content (AvgIpc) is 2.53. The Morgan fingerprint density at radius 2 is 1.61 bits per heavy atom. The van der Waals surface area contributed by atoms with E-state index in [2.05, 4.69) is 5.32 Å². The zero-order chi connectivity index (χ0) is 16.7. The van der Waals surface area contributed by atoms with Crippen molar-refractivity contribution in [2.45, 2.75) is 6.54 Å². The fourth-order valence-electron chi connectivity index (χ4n) is 2.50. The molecule has 0 aliphatic heterocycles. The van der Waals surface area contributed by atoms with Gasteiger partial charge in [0.15, 0.2) is 0 Å². The van der Waals surface area contributed by atoms with Crippen molar-refractivity contribution >= 4 is 22.7 Å². The number of aliphatic hydroxyl groups excluding tert-OH is 2. The number of rotatable bonds is 8. The highest BCUT2D eigenvalue weighted by Gasteiger charge is 2.11. The van der Waals surface area contributed by atoms with Crippen molar-refractivity contribution < 1.29 is 10.2 Å². The number of hydrogen-bond acceptors (Lipinski definition) is 6. The first kappa shape index (κ1) is 16.9. The maximum absolute atomic E-state index is 9.23. The van der Waals surface area contributed by atoms with E-state index in [0.29, 0.717) is 31.0 Å². The van der Waals surface area contributed by atoms with Crippen molar-refractivity contribution in [3.8, 4) is 0 Å². The Bertz CT molecular complexity index is 628. The molecule has 0 fully saturated rings. The van der Waals surface area contributed by atoms with Gasteiger partial charge >= 0.3 is 0 Å². The second-order valence-corrected chi connectivity index (χ2v) is 5.30. The quantitative estimate of drug-likeness (QED) is 0.469. The third kappa shape index (κ3) is 4.77. The predicted molar refractivity (Wildman–Crippen MR) is 95.4 cm³/mol. The molecule has 0 aromatic heterocycles. The third-order valence-electron chi connectivity index (χ3n) is 3.55. The zero-order valence-corrected chi connectivity index (χ0v) is 13.1. The first-order valence-electron chi connectivity index (χ1n) is 7.58. The van der Waals surface area contributed by atoms with Crippen LogP contribution in [0.4, 0.5) is 22.7 Å². The molecule has 0 amide bonds. The van der Waals surface area contributed by atoms with Gasteiger partial charge in [-0.2, -0.15) is 0 Å². The van der Waals surface area contributed by atoms with Gasteiger partial charge in [-0.05, 0) is 42.0 Å². The van der Waals surface area contributed by atoms with Crippen LogP contribution in [0.1, 0.15) is 5.56 Å². The maximum Gasteiger partial charge on any atom is 0.0606 e. The summed E-state index contributed by atoms with van der Waals surface area (Å²) in [6.45, 7) is 1.52. The summed E-state index contributed by atoms with van der Waals surface area (Å²) in [5, 5.41) is 21.8. The molecule has 2 aromatic rings. The van der Waals surface area contributed by atoms with E-state index in [4.69, 9.17) is 11.5 Å². The molecule has 0 heterocycles. The lowest BCUT2D eigenvalue weighted by molar-refractivity contribution is 0.281. The molecule has 0 spiro atoms. The van der Waals surface area contributed by atoms with E-state index in [0.717, 1.165) is 16.9 Å². The Hall–Kier alpha value is -2.44. The molecule has 0 radical (unpaired) electrons. The topological polar surface area (TPSA) is 108 Å². The van der Waals surface area contributed by atoms with Crippen molar-refractivity contribution in [3.05, 3.63) is 48.0 Å². The van der Waals surface area contributed by atoms with E-state index >= 15 is 0 Å². The van der Waals surface area contributed by atoms with Crippen LogP contribution >= 0.6 is 0 Å². The van der Waals surface area contributed by atoms with E-state index in [-0.39, 0.29) is 13.2 Å². The average molecular weight is 316 g/mol. The lowest BCUT2D eigenvalue weighted by atomic mass is 10.1. The van der Waals surface area contributed by atoms with Gasteiger partial charge < -0.3 is 31.9 Å². The Morgan fingerprint density at radius 3 is 2.26 bits per heavy atom. The van der Waals surface area contributed by atoms with Gasteiger partial charge in [0.2, 0.25) is 0 Å². The second kappa shape index (κ2) is 8.26. The van der Waals surface area contributed by atoms with Gasteiger partial charge in [-0.15, -0.1) is 0 Å². The first-order valence-corrected chi connectivity index (χ1v) is 7.58. The molecule has 0 aliphatic rings. The summed E-state index contributed by atoms with van der Waals surface area (Å²) in [4.78, 5) is 1.94. The summed E-state index contributed by atoms with van der Waals surface area (Å²) in [6, 6.07) is 13.2. The van der Waals surface area contributed by atoms with Crippen LogP contribution < -0.4 is 21.7 Å². The molecule has 2 rings (SSSR count). The minimum atomic E-state index is 0.0203. The molecule has 2 aromatic carbocycles. The Labute approximate surface area is 136 Å². The van der Waals surface area contributed by atoms with Crippen LogP contribution in [0, 0.1) is 0 Å². The van der Waals surface area contributed by atoms with Gasteiger partial charge in [-0.3, -0.25) is 0 Å². The zero-order valence-electron chi connectivity index (χ0n) is 13.1. The summed E-state index contributed by atoms with van der Waals surface area (Å²) < 4.78 is 0. The van der Waals surface area contributed by atoms with Crippen LogP contribution in [-0.4, -0.2) is 36.5 Å². The van der Waals surface area contributed by atoms with Gasteiger partial charge in [-0.25, -0.2) is 0 Å². The number of aliphatic hydroxyl groups is 2. The Kier molecular flexibility index (Phi) is 6.08. The number of nitrogens with two attached hydrogens (primary N) is 2. The lowest BCUT2D eigenvalue weighted by Crippen LogP contribution is -2.30. The van der Waals surface area contributed by atoms with Gasteiger partial charge in [-0.1, -0.05) is 6.07 Å². The molecule has 0 saturated heterocycles. The molecule has 0 unspecified atom stereocenters. The molecule has 0 aliphatic carbocycles. The molecule has 6 nitrogen and oxygen atoms in total. The van der Waals surface area contributed by atoms with E-state index in [9.17, 15) is 10.2 Å². The Balaban J connectivity index is 2.20. The van der Waals surface area contributed by atoms with Gasteiger partial charge in [0.1, 0.15) is 0 Å². The molecule has 0 saturated carbocycles. The summed E-state index contributed by atoms with van der Waals surface area (Å²) in [5.74, 6) is 0. The summed E-state index contributed by atoms with van der Waals surface area (Å²) in [6.07, 6.45) is 0. The Morgan fingerprint density at radius 1 is 0.913 bits per heavy atom. The van der Waals surface area contributed by atoms with Crippen molar-refractivity contribution in [2.75, 3.05) is 48.0 Å². The molecular formula is C17H24N4O2. The van der Waals surface area contributed by atoms with E-state index in [1.807, 2.05) is 47.4 Å². The molecule has 124 valence electrons. The fourth-order valence-corrected chi connectivity index (χ4v) is 2.50. The number of nitrogens with one attached hydrogen (secondary N) is 1. The normalized spacial score (nSPS) is 10.5. The molecule has 7 N–H and O–H groups in total. The molecule has 0 atom stereocenters. The van der Waals surface area contributed by atoms with E-state index in [1.165, 1.54) is 0 Å². The van der Waals surface area contributed by atoms with Crippen molar-refractivity contribution in [1.82, 2.24) is 0 Å². The van der Waals surface area contributed by atoms with Gasteiger partial charge in [0.25, 0.3) is 0 Å². The maximum atomic E-state index is 9.23. The van der Waals surface area contributed by atoms with E-state index in [1.54, 1.807) is 0 Å². The fraction of sp³-hybridized carbons (Fsp3) is 0.294. The largest absolute Gasteiger partial charge is 0.399 e. The number of benzene rings is 2. The van der Waals surface area contributed by atoms with Crippen LogP contribution in [0.3, 0.4) is 0 Å².